The van der Waals surface area contributed by atoms with E-state index in [0.717, 1.165) is 29.1 Å². The fourth-order valence-corrected chi connectivity index (χ4v) is 3.10. The van der Waals surface area contributed by atoms with Crippen molar-refractivity contribution in [1.82, 2.24) is 0 Å². The van der Waals surface area contributed by atoms with E-state index in [4.69, 9.17) is 10.5 Å². The first-order valence-corrected chi connectivity index (χ1v) is 7.76. The maximum atomic E-state index is 11.9. The van der Waals surface area contributed by atoms with E-state index < -0.39 is 10.8 Å². The standard InChI is InChI=1S/C14H23NO2S/c1-11(2)6-7-18(16)10-12-4-5-13(9-15)14(8-12)17-3/h4-5,8,11H,6-7,9-10,15H2,1-3H3. The second kappa shape index (κ2) is 7.54. The molecule has 1 unspecified atom stereocenters. The molecule has 0 aromatic heterocycles. The Balaban J connectivity index is 2.64. The van der Waals surface area contributed by atoms with Crippen molar-refractivity contribution in [2.75, 3.05) is 12.9 Å². The Bertz CT molecular complexity index is 405. The minimum absolute atomic E-state index is 0.458. The second-order valence-corrected chi connectivity index (χ2v) is 6.40. The van der Waals surface area contributed by atoms with Gasteiger partial charge in [0.1, 0.15) is 5.75 Å². The summed E-state index contributed by atoms with van der Waals surface area (Å²) < 4.78 is 17.2. The van der Waals surface area contributed by atoms with Crippen LogP contribution in [0.1, 0.15) is 31.4 Å². The van der Waals surface area contributed by atoms with Gasteiger partial charge in [0, 0.05) is 34.4 Å². The largest absolute Gasteiger partial charge is 0.496 e. The molecule has 0 amide bonds. The summed E-state index contributed by atoms with van der Waals surface area (Å²) in [7, 11) is 0.836. The van der Waals surface area contributed by atoms with Gasteiger partial charge in [-0.15, -0.1) is 0 Å². The van der Waals surface area contributed by atoms with Crippen LogP contribution in [0.2, 0.25) is 0 Å². The van der Waals surface area contributed by atoms with Gasteiger partial charge in [0.2, 0.25) is 0 Å². The van der Waals surface area contributed by atoms with E-state index in [-0.39, 0.29) is 0 Å². The Morgan fingerprint density at radius 2 is 2.11 bits per heavy atom. The summed E-state index contributed by atoms with van der Waals surface area (Å²) >= 11 is 0. The molecule has 1 aromatic rings. The molecule has 0 aliphatic heterocycles. The number of nitrogens with two attached hydrogens (primary N) is 1. The average Bonchev–Trinajstić information content (AvgIpc) is 2.36. The van der Waals surface area contributed by atoms with Gasteiger partial charge in [-0.2, -0.15) is 0 Å². The Morgan fingerprint density at radius 1 is 1.39 bits per heavy atom. The van der Waals surface area contributed by atoms with Crippen LogP contribution in [-0.4, -0.2) is 17.1 Å². The fourth-order valence-electron chi connectivity index (χ4n) is 1.67. The minimum Gasteiger partial charge on any atom is -0.496 e. The van der Waals surface area contributed by atoms with Gasteiger partial charge in [-0.3, -0.25) is 4.21 Å². The van der Waals surface area contributed by atoms with Crippen molar-refractivity contribution in [3.8, 4) is 5.75 Å². The van der Waals surface area contributed by atoms with Gasteiger partial charge in [0.15, 0.2) is 0 Å². The van der Waals surface area contributed by atoms with Crippen molar-refractivity contribution in [2.24, 2.45) is 11.7 Å². The molecule has 1 rings (SSSR count). The summed E-state index contributed by atoms with van der Waals surface area (Å²) in [5.74, 6) is 2.74. The molecule has 3 nitrogen and oxygen atoms in total. The lowest BCUT2D eigenvalue weighted by atomic mass is 10.1. The van der Waals surface area contributed by atoms with Crippen molar-refractivity contribution in [1.29, 1.82) is 0 Å². The first-order chi connectivity index (χ1) is 8.56. The number of benzene rings is 1. The molecule has 0 radical (unpaired) electrons. The van der Waals surface area contributed by atoms with Gasteiger partial charge in [-0.1, -0.05) is 26.0 Å². The van der Waals surface area contributed by atoms with E-state index >= 15 is 0 Å². The van der Waals surface area contributed by atoms with Crippen molar-refractivity contribution in [3.05, 3.63) is 29.3 Å². The Kier molecular flexibility index (Phi) is 6.36. The number of rotatable bonds is 7. The summed E-state index contributed by atoms with van der Waals surface area (Å²) in [4.78, 5) is 0. The van der Waals surface area contributed by atoms with Crippen LogP contribution < -0.4 is 10.5 Å². The predicted molar refractivity (Wildman–Crippen MR) is 77.1 cm³/mol. The third kappa shape index (κ3) is 4.78. The van der Waals surface area contributed by atoms with Crippen LogP contribution in [0.4, 0.5) is 0 Å². The number of hydrogen-bond acceptors (Lipinski definition) is 3. The molecule has 18 heavy (non-hydrogen) atoms. The summed E-state index contributed by atoms with van der Waals surface area (Å²) in [6.07, 6.45) is 1.00. The molecule has 0 fully saturated rings. The molecule has 4 heteroatoms. The highest BCUT2D eigenvalue weighted by Crippen LogP contribution is 2.20. The molecular formula is C14H23NO2S. The van der Waals surface area contributed by atoms with E-state index in [2.05, 4.69) is 13.8 Å². The van der Waals surface area contributed by atoms with E-state index in [1.165, 1.54) is 0 Å². The fraction of sp³-hybridized carbons (Fsp3) is 0.571. The molecule has 0 spiro atoms. The zero-order chi connectivity index (χ0) is 13.5. The van der Waals surface area contributed by atoms with Crippen LogP contribution in [0.25, 0.3) is 0 Å². The van der Waals surface area contributed by atoms with Crippen molar-refractivity contribution >= 4 is 10.8 Å². The molecule has 0 aliphatic rings. The predicted octanol–water partition coefficient (Wildman–Crippen LogP) is 2.45. The average molecular weight is 269 g/mol. The molecule has 2 N–H and O–H groups in total. The lowest BCUT2D eigenvalue weighted by Crippen LogP contribution is -2.05. The van der Waals surface area contributed by atoms with Gasteiger partial charge in [-0.05, 0) is 24.0 Å². The van der Waals surface area contributed by atoms with E-state index in [1.54, 1.807) is 7.11 Å². The van der Waals surface area contributed by atoms with Crippen LogP contribution in [-0.2, 0) is 23.1 Å². The first-order valence-electron chi connectivity index (χ1n) is 6.27. The van der Waals surface area contributed by atoms with E-state index in [1.807, 2.05) is 18.2 Å². The minimum atomic E-state index is -0.797. The molecule has 0 aliphatic carbocycles. The lowest BCUT2D eigenvalue weighted by molar-refractivity contribution is 0.409. The smallest absolute Gasteiger partial charge is 0.123 e. The Labute approximate surface area is 112 Å². The van der Waals surface area contributed by atoms with Crippen molar-refractivity contribution in [2.45, 2.75) is 32.6 Å². The molecule has 0 heterocycles. The number of methoxy groups -OCH3 is 1. The monoisotopic (exact) mass is 269 g/mol. The quantitative estimate of drug-likeness (QED) is 0.827. The van der Waals surface area contributed by atoms with E-state index in [9.17, 15) is 4.21 Å². The molecule has 0 bridgehead atoms. The number of hydrogen-bond donors (Lipinski definition) is 1. The number of ether oxygens (including phenoxy) is 1. The molecule has 0 saturated heterocycles. The third-order valence-corrected chi connectivity index (χ3v) is 4.17. The topological polar surface area (TPSA) is 52.3 Å². The zero-order valence-corrected chi connectivity index (χ0v) is 12.3. The van der Waals surface area contributed by atoms with Gasteiger partial charge >= 0.3 is 0 Å². The van der Waals surface area contributed by atoms with Crippen LogP contribution in [0.15, 0.2) is 18.2 Å². The molecular weight excluding hydrogens is 246 g/mol. The van der Waals surface area contributed by atoms with E-state index in [0.29, 0.717) is 18.2 Å². The van der Waals surface area contributed by atoms with Crippen molar-refractivity contribution < 1.29 is 8.95 Å². The molecule has 1 atom stereocenters. The third-order valence-electron chi connectivity index (χ3n) is 2.82. The zero-order valence-electron chi connectivity index (χ0n) is 11.4. The Hall–Kier alpha value is -0.870. The highest BCUT2D eigenvalue weighted by atomic mass is 32.2. The highest BCUT2D eigenvalue weighted by molar-refractivity contribution is 7.84. The van der Waals surface area contributed by atoms with Crippen molar-refractivity contribution in [3.63, 3.8) is 0 Å². The van der Waals surface area contributed by atoms with Crippen LogP contribution in [0.3, 0.4) is 0 Å². The molecule has 1 aromatic carbocycles. The highest BCUT2D eigenvalue weighted by Gasteiger charge is 2.07. The summed E-state index contributed by atoms with van der Waals surface area (Å²) in [6, 6.07) is 5.88. The van der Waals surface area contributed by atoms with Crippen LogP contribution in [0.5, 0.6) is 5.75 Å². The summed E-state index contributed by atoms with van der Waals surface area (Å²) in [6.45, 7) is 4.76. The summed E-state index contributed by atoms with van der Waals surface area (Å²) in [5, 5.41) is 0. The van der Waals surface area contributed by atoms with Gasteiger partial charge in [0.25, 0.3) is 0 Å². The SMILES string of the molecule is COc1cc(CS(=O)CCC(C)C)ccc1CN. The van der Waals surface area contributed by atoms with Crippen LogP contribution in [0, 0.1) is 5.92 Å². The lowest BCUT2D eigenvalue weighted by Gasteiger charge is -2.09. The maximum absolute atomic E-state index is 11.9. The maximum Gasteiger partial charge on any atom is 0.123 e. The van der Waals surface area contributed by atoms with Crippen LogP contribution >= 0.6 is 0 Å². The first kappa shape index (κ1) is 15.2. The normalized spacial score (nSPS) is 12.7. The van der Waals surface area contributed by atoms with Gasteiger partial charge < -0.3 is 10.5 Å². The second-order valence-electron chi connectivity index (χ2n) is 4.82. The summed E-state index contributed by atoms with van der Waals surface area (Å²) in [5.41, 5.74) is 7.65. The van der Waals surface area contributed by atoms with Gasteiger partial charge in [-0.25, -0.2) is 0 Å². The molecule has 0 saturated carbocycles. The Morgan fingerprint density at radius 3 is 2.67 bits per heavy atom. The van der Waals surface area contributed by atoms with Gasteiger partial charge in [0.05, 0.1) is 7.11 Å². The molecule has 102 valence electrons.